The van der Waals surface area contributed by atoms with Gasteiger partial charge >= 0.3 is 0 Å². The van der Waals surface area contributed by atoms with Crippen LogP contribution in [0.2, 0.25) is 5.02 Å². The molecule has 0 spiro atoms. The molecule has 1 heterocycles. The topological polar surface area (TPSA) is 85.8 Å². The van der Waals surface area contributed by atoms with E-state index in [1.54, 1.807) is 6.07 Å². The standard InChI is InChI=1S/C21H32ClN5O2/c1-5-23-21(25-16-10-12-27(13-16)20(29)14(2)3)24-11-9-19(28)26-18-8-6-7-17(22)15(18)4/h6-8,14,16H,5,9-13H2,1-4H3,(H,26,28)(H2,23,24,25). The van der Waals surface area contributed by atoms with Crippen molar-refractivity contribution in [2.24, 2.45) is 10.9 Å². The van der Waals surface area contributed by atoms with E-state index < -0.39 is 0 Å². The number of rotatable bonds is 7. The summed E-state index contributed by atoms with van der Waals surface area (Å²) >= 11 is 6.09. The summed E-state index contributed by atoms with van der Waals surface area (Å²) < 4.78 is 0. The van der Waals surface area contributed by atoms with Crippen LogP contribution in [0.25, 0.3) is 0 Å². The van der Waals surface area contributed by atoms with E-state index in [9.17, 15) is 9.59 Å². The Balaban J connectivity index is 1.85. The third-order valence-electron chi connectivity index (χ3n) is 4.83. The minimum absolute atomic E-state index is 0.0114. The lowest BCUT2D eigenvalue weighted by Gasteiger charge is -2.20. The number of anilines is 1. The molecule has 0 aliphatic carbocycles. The molecule has 1 fully saturated rings. The smallest absolute Gasteiger partial charge is 0.226 e. The van der Waals surface area contributed by atoms with Crippen molar-refractivity contribution in [3.05, 3.63) is 28.8 Å². The van der Waals surface area contributed by atoms with E-state index in [1.165, 1.54) is 0 Å². The Hall–Kier alpha value is -2.28. The number of hydrogen-bond donors (Lipinski definition) is 3. The third kappa shape index (κ3) is 6.92. The zero-order chi connectivity index (χ0) is 21.4. The van der Waals surface area contributed by atoms with Gasteiger partial charge in [-0.25, -0.2) is 0 Å². The third-order valence-corrected chi connectivity index (χ3v) is 5.24. The van der Waals surface area contributed by atoms with Crippen LogP contribution in [-0.4, -0.2) is 54.9 Å². The summed E-state index contributed by atoms with van der Waals surface area (Å²) in [5, 5.41) is 10.1. The van der Waals surface area contributed by atoms with Gasteiger partial charge in [-0.15, -0.1) is 0 Å². The first-order chi connectivity index (χ1) is 13.8. The molecule has 1 unspecified atom stereocenters. The SMILES string of the molecule is CCNC(=NCCC(=O)Nc1cccc(Cl)c1C)NC1CCN(C(=O)C(C)C)C1. The lowest BCUT2D eigenvalue weighted by molar-refractivity contribution is -0.133. The molecular formula is C21H32ClN5O2. The fourth-order valence-electron chi connectivity index (χ4n) is 3.18. The van der Waals surface area contributed by atoms with Crippen LogP contribution in [0.1, 0.15) is 39.2 Å². The number of aliphatic imine (C=N–C) groups is 1. The van der Waals surface area contributed by atoms with Gasteiger partial charge in [0.05, 0.1) is 6.54 Å². The van der Waals surface area contributed by atoms with Crippen LogP contribution in [0.4, 0.5) is 5.69 Å². The summed E-state index contributed by atoms with van der Waals surface area (Å²) in [6.07, 6.45) is 1.16. The van der Waals surface area contributed by atoms with E-state index in [4.69, 9.17) is 11.6 Å². The number of carbonyl (C=O) groups is 2. The molecule has 2 amide bonds. The van der Waals surface area contributed by atoms with Gasteiger partial charge in [0.15, 0.2) is 5.96 Å². The average molecular weight is 422 g/mol. The molecule has 0 saturated carbocycles. The highest BCUT2D eigenvalue weighted by atomic mass is 35.5. The van der Waals surface area contributed by atoms with E-state index in [1.807, 2.05) is 44.7 Å². The van der Waals surface area contributed by atoms with Gasteiger partial charge in [0.1, 0.15) is 0 Å². The second kappa shape index (κ2) is 11.0. The second-order valence-electron chi connectivity index (χ2n) is 7.54. The summed E-state index contributed by atoms with van der Waals surface area (Å²) in [6.45, 7) is 10.2. The number of amides is 2. The zero-order valence-electron chi connectivity index (χ0n) is 17.7. The van der Waals surface area contributed by atoms with Crippen LogP contribution in [0.15, 0.2) is 23.2 Å². The van der Waals surface area contributed by atoms with Crippen LogP contribution in [0.3, 0.4) is 0 Å². The highest BCUT2D eigenvalue weighted by molar-refractivity contribution is 6.31. The fourth-order valence-corrected chi connectivity index (χ4v) is 3.36. The van der Waals surface area contributed by atoms with Crippen molar-refractivity contribution < 1.29 is 9.59 Å². The normalized spacial score (nSPS) is 16.8. The van der Waals surface area contributed by atoms with E-state index >= 15 is 0 Å². The molecule has 29 heavy (non-hydrogen) atoms. The van der Waals surface area contributed by atoms with Crippen LogP contribution < -0.4 is 16.0 Å². The number of carbonyl (C=O) groups excluding carboxylic acids is 2. The van der Waals surface area contributed by atoms with Crippen molar-refractivity contribution in [1.82, 2.24) is 15.5 Å². The van der Waals surface area contributed by atoms with Gasteiger partial charge in [0, 0.05) is 48.7 Å². The van der Waals surface area contributed by atoms with Crippen molar-refractivity contribution >= 4 is 35.1 Å². The predicted octanol–water partition coefficient (Wildman–Crippen LogP) is 2.79. The first-order valence-corrected chi connectivity index (χ1v) is 10.6. The van der Waals surface area contributed by atoms with Crippen molar-refractivity contribution in [3.63, 3.8) is 0 Å². The fraction of sp³-hybridized carbons (Fsp3) is 0.571. The first kappa shape index (κ1) is 23.0. The summed E-state index contributed by atoms with van der Waals surface area (Å²) in [4.78, 5) is 30.8. The molecule has 1 aromatic rings. The number of hydrogen-bond acceptors (Lipinski definition) is 3. The van der Waals surface area contributed by atoms with Crippen molar-refractivity contribution in [2.75, 3.05) is 31.5 Å². The van der Waals surface area contributed by atoms with Gasteiger partial charge in [0.2, 0.25) is 11.8 Å². The molecular weight excluding hydrogens is 390 g/mol. The molecule has 160 valence electrons. The summed E-state index contributed by atoms with van der Waals surface area (Å²) in [5.41, 5.74) is 1.57. The van der Waals surface area contributed by atoms with Gasteiger partial charge in [-0.05, 0) is 38.0 Å². The molecule has 2 rings (SSSR count). The van der Waals surface area contributed by atoms with E-state index in [2.05, 4.69) is 20.9 Å². The van der Waals surface area contributed by atoms with Crippen molar-refractivity contribution in [2.45, 2.75) is 46.6 Å². The Morgan fingerprint density at radius 1 is 1.34 bits per heavy atom. The Kier molecular flexibility index (Phi) is 8.76. The number of nitrogens with zero attached hydrogens (tertiary/aromatic N) is 2. The highest BCUT2D eigenvalue weighted by Crippen LogP contribution is 2.22. The Morgan fingerprint density at radius 2 is 2.10 bits per heavy atom. The van der Waals surface area contributed by atoms with Crippen LogP contribution in [0.5, 0.6) is 0 Å². The van der Waals surface area contributed by atoms with Gasteiger partial charge in [-0.2, -0.15) is 0 Å². The number of halogens is 1. The maximum absolute atomic E-state index is 12.2. The summed E-state index contributed by atoms with van der Waals surface area (Å²) in [7, 11) is 0. The summed E-state index contributed by atoms with van der Waals surface area (Å²) in [5.74, 6) is 0.758. The Labute approximate surface area is 178 Å². The molecule has 0 radical (unpaired) electrons. The number of benzene rings is 1. The van der Waals surface area contributed by atoms with E-state index in [0.717, 1.165) is 30.8 Å². The van der Waals surface area contributed by atoms with Gasteiger partial charge in [-0.1, -0.05) is 31.5 Å². The van der Waals surface area contributed by atoms with Crippen molar-refractivity contribution in [3.8, 4) is 0 Å². The van der Waals surface area contributed by atoms with Gasteiger partial charge < -0.3 is 20.9 Å². The van der Waals surface area contributed by atoms with Crippen LogP contribution in [0, 0.1) is 12.8 Å². The largest absolute Gasteiger partial charge is 0.357 e. The summed E-state index contributed by atoms with van der Waals surface area (Å²) in [6, 6.07) is 5.60. The number of nitrogens with one attached hydrogen (secondary N) is 3. The minimum Gasteiger partial charge on any atom is -0.357 e. The lowest BCUT2D eigenvalue weighted by Crippen LogP contribution is -2.45. The Bertz CT molecular complexity index is 751. The molecule has 0 bridgehead atoms. The van der Waals surface area contributed by atoms with E-state index in [-0.39, 0.29) is 30.2 Å². The maximum Gasteiger partial charge on any atom is 0.226 e. The molecule has 7 nitrogen and oxygen atoms in total. The van der Waals surface area contributed by atoms with E-state index in [0.29, 0.717) is 24.1 Å². The average Bonchev–Trinajstić information content (AvgIpc) is 3.13. The zero-order valence-corrected chi connectivity index (χ0v) is 18.5. The first-order valence-electron chi connectivity index (χ1n) is 10.2. The maximum atomic E-state index is 12.2. The monoisotopic (exact) mass is 421 g/mol. The predicted molar refractivity (Wildman–Crippen MR) is 118 cm³/mol. The Morgan fingerprint density at radius 3 is 2.79 bits per heavy atom. The molecule has 1 aromatic carbocycles. The quantitative estimate of drug-likeness (QED) is 0.466. The van der Waals surface area contributed by atoms with Gasteiger partial charge in [-0.3, -0.25) is 14.6 Å². The van der Waals surface area contributed by atoms with Gasteiger partial charge in [0.25, 0.3) is 0 Å². The molecule has 1 saturated heterocycles. The molecule has 1 aliphatic rings. The molecule has 8 heteroatoms. The minimum atomic E-state index is -0.107. The number of guanidine groups is 1. The molecule has 1 aliphatic heterocycles. The van der Waals surface area contributed by atoms with Crippen LogP contribution in [-0.2, 0) is 9.59 Å². The second-order valence-corrected chi connectivity index (χ2v) is 7.95. The lowest BCUT2D eigenvalue weighted by atomic mass is 10.2. The van der Waals surface area contributed by atoms with Crippen LogP contribution >= 0.6 is 11.6 Å². The molecule has 1 atom stereocenters. The number of likely N-dealkylation sites (tertiary alicyclic amines) is 1. The molecule has 3 N–H and O–H groups in total. The molecule has 0 aromatic heterocycles. The van der Waals surface area contributed by atoms with Crippen molar-refractivity contribution in [1.29, 1.82) is 0 Å². The highest BCUT2D eigenvalue weighted by Gasteiger charge is 2.27.